The summed E-state index contributed by atoms with van der Waals surface area (Å²) in [7, 11) is 0. The highest BCUT2D eigenvalue weighted by Gasteiger charge is 2.12. The molecular weight excluding hydrogens is 468 g/mol. The fourth-order valence-corrected chi connectivity index (χ4v) is 4.10. The molecule has 3 aromatic carbocycles. The van der Waals surface area contributed by atoms with Crippen molar-refractivity contribution in [3.05, 3.63) is 119 Å². The highest BCUT2D eigenvalue weighted by Crippen LogP contribution is 2.26. The average Bonchev–Trinajstić information content (AvgIpc) is 2.89. The number of nitrogens with zero attached hydrogens (tertiary/aromatic N) is 4. The molecule has 5 rings (SSSR count). The van der Waals surface area contributed by atoms with Crippen LogP contribution in [0.15, 0.2) is 91.3 Å². The number of rotatable bonds is 7. The molecule has 6 nitrogen and oxygen atoms in total. The van der Waals surface area contributed by atoms with Crippen LogP contribution in [-0.4, -0.2) is 19.9 Å². The van der Waals surface area contributed by atoms with Crippen molar-refractivity contribution in [1.82, 2.24) is 19.9 Å². The molecule has 0 amide bonds. The van der Waals surface area contributed by atoms with Crippen molar-refractivity contribution in [1.29, 1.82) is 0 Å². The summed E-state index contributed by atoms with van der Waals surface area (Å²) in [5, 5.41) is 7.56. The van der Waals surface area contributed by atoms with E-state index in [0.717, 1.165) is 61.9 Å². The molecule has 0 radical (unpaired) electrons. The summed E-state index contributed by atoms with van der Waals surface area (Å²) in [5.74, 6) is 2.27. The summed E-state index contributed by atoms with van der Waals surface area (Å²) in [6.07, 6.45) is 2.28. The van der Waals surface area contributed by atoms with E-state index in [1.54, 1.807) is 6.33 Å². The fraction of sp³-hybridized carbons (Fsp3) is 0.103. The maximum atomic E-state index is 6.06. The van der Waals surface area contributed by atoms with E-state index in [4.69, 9.17) is 16.6 Å². The van der Waals surface area contributed by atoms with Crippen LogP contribution in [0.1, 0.15) is 22.6 Å². The third-order valence-electron chi connectivity index (χ3n) is 5.78. The molecular formula is C29H25ClN6. The standard InChI is InChI=1S/C29H25ClN6/c1-19-26(16-21-8-10-23(30)11-9-21)29(34-20(2)33-19)36-25-14-12-24(13-15-25)35-28-17-27(31-18-32-28)22-6-4-3-5-7-22/h3-15,17-18H,16H2,1-2H3,(H,31,32,35)(H,33,34,36). The number of anilines is 4. The number of benzene rings is 3. The first-order valence-electron chi connectivity index (χ1n) is 11.6. The normalized spacial score (nSPS) is 10.8. The molecule has 0 atom stereocenters. The molecule has 0 bridgehead atoms. The molecule has 0 fully saturated rings. The zero-order chi connectivity index (χ0) is 24.9. The summed E-state index contributed by atoms with van der Waals surface area (Å²) in [4.78, 5) is 18.0. The van der Waals surface area contributed by atoms with Gasteiger partial charge >= 0.3 is 0 Å². The van der Waals surface area contributed by atoms with Gasteiger partial charge < -0.3 is 10.6 Å². The number of aryl methyl sites for hydroxylation is 2. The lowest BCUT2D eigenvalue weighted by molar-refractivity contribution is 0.965. The van der Waals surface area contributed by atoms with Crippen LogP contribution in [0.4, 0.5) is 23.0 Å². The lowest BCUT2D eigenvalue weighted by atomic mass is 10.0. The Morgan fingerprint density at radius 3 is 2.17 bits per heavy atom. The van der Waals surface area contributed by atoms with Gasteiger partial charge in [0.1, 0.15) is 23.8 Å². The predicted molar refractivity (Wildman–Crippen MR) is 146 cm³/mol. The topological polar surface area (TPSA) is 75.6 Å². The van der Waals surface area contributed by atoms with Crippen LogP contribution in [0.3, 0.4) is 0 Å². The van der Waals surface area contributed by atoms with E-state index >= 15 is 0 Å². The first-order valence-corrected chi connectivity index (χ1v) is 12.0. The molecule has 178 valence electrons. The minimum Gasteiger partial charge on any atom is -0.340 e. The van der Waals surface area contributed by atoms with Crippen LogP contribution in [0.25, 0.3) is 11.3 Å². The van der Waals surface area contributed by atoms with Crippen molar-refractivity contribution in [2.24, 2.45) is 0 Å². The van der Waals surface area contributed by atoms with Gasteiger partial charge in [-0.2, -0.15) is 0 Å². The third-order valence-corrected chi connectivity index (χ3v) is 6.03. The quantitative estimate of drug-likeness (QED) is 0.248. The zero-order valence-corrected chi connectivity index (χ0v) is 20.8. The van der Waals surface area contributed by atoms with E-state index in [1.807, 2.05) is 98.8 Å². The maximum Gasteiger partial charge on any atom is 0.137 e. The van der Waals surface area contributed by atoms with Gasteiger partial charge in [0.15, 0.2) is 0 Å². The number of hydrogen-bond acceptors (Lipinski definition) is 6. The number of halogens is 1. The number of aromatic nitrogens is 4. The average molecular weight is 493 g/mol. The Balaban J connectivity index is 1.33. The SMILES string of the molecule is Cc1nc(C)c(Cc2ccc(Cl)cc2)c(Nc2ccc(Nc3cc(-c4ccccc4)ncn3)cc2)n1. The number of hydrogen-bond donors (Lipinski definition) is 2. The molecule has 2 heterocycles. The van der Waals surface area contributed by atoms with Gasteiger partial charge in [-0.3, -0.25) is 0 Å². The smallest absolute Gasteiger partial charge is 0.137 e. The summed E-state index contributed by atoms with van der Waals surface area (Å²) in [6, 6.07) is 27.9. The lowest BCUT2D eigenvalue weighted by Crippen LogP contribution is -2.06. The van der Waals surface area contributed by atoms with E-state index in [0.29, 0.717) is 6.42 Å². The molecule has 5 aromatic rings. The fourth-order valence-electron chi connectivity index (χ4n) is 3.97. The number of nitrogens with one attached hydrogen (secondary N) is 2. The van der Waals surface area contributed by atoms with Crippen molar-refractivity contribution in [2.45, 2.75) is 20.3 Å². The summed E-state index contributed by atoms with van der Waals surface area (Å²) >= 11 is 6.06. The van der Waals surface area contributed by atoms with Gasteiger partial charge in [0.25, 0.3) is 0 Å². The van der Waals surface area contributed by atoms with Crippen molar-refractivity contribution in [2.75, 3.05) is 10.6 Å². The third kappa shape index (κ3) is 5.67. The van der Waals surface area contributed by atoms with Crippen LogP contribution in [-0.2, 0) is 6.42 Å². The molecule has 0 unspecified atom stereocenters. The Labute approximate surface area is 215 Å². The van der Waals surface area contributed by atoms with Gasteiger partial charge in [-0.05, 0) is 55.8 Å². The van der Waals surface area contributed by atoms with Crippen molar-refractivity contribution >= 4 is 34.6 Å². The zero-order valence-electron chi connectivity index (χ0n) is 20.0. The Morgan fingerprint density at radius 2 is 1.44 bits per heavy atom. The summed E-state index contributed by atoms with van der Waals surface area (Å²) < 4.78 is 0. The van der Waals surface area contributed by atoms with Gasteiger partial charge in [-0.15, -0.1) is 0 Å². The summed E-state index contributed by atoms with van der Waals surface area (Å²) in [6.45, 7) is 3.92. The van der Waals surface area contributed by atoms with Gasteiger partial charge in [0.2, 0.25) is 0 Å². The molecule has 0 spiro atoms. The van der Waals surface area contributed by atoms with Crippen LogP contribution in [0.5, 0.6) is 0 Å². The Kier molecular flexibility index (Phi) is 6.87. The Morgan fingerprint density at radius 1 is 0.750 bits per heavy atom. The molecule has 0 aliphatic carbocycles. The molecule has 0 saturated heterocycles. The second-order valence-electron chi connectivity index (χ2n) is 8.47. The minimum atomic E-state index is 0.711. The van der Waals surface area contributed by atoms with Crippen molar-refractivity contribution in [3.63, 3.8) is 0 Å². The molecule has 0 aliphatic heterocycles. The van der Waals surface area contributed by atoms with Gasteiger partial charge in [0.05, 0.1) is 5.69 Å². The van der Waals surface area contributed by atoms with E-state index in [1.165, 1.54) is 0 Å². The van der Waals surface area contributed by atoms with Crippen LogP contribution < -0.4 is 10.6 Å². The summed E-state index contributed by atoms with van der Waals surface area (Å²) in [5.41, 5.74) is 6.94. The van der Waals surface area contributed by atoms with Crippen LogP contribution >= 0.6 is 11.6 Å². The van der Waals surface area contributed by atoms with E-state index in [2.05, 4.69) is 25.6 Å². The largest absolute Gasteiger partial charge is 0.340 e. The van der Waals surface area contributed by atoms with Crippen molar-refractivity contribution in [3.8, 4) is 11.3 Å². The highest BCUT2D eigenvalue weighted by molar-refractivity contribution is 6.30. The minimum absolute atomic E-state index is 0.711. The molecule has 2 N–H and O–H groups in total. The Bertz CT molecular complexity index is 1470. The molecule has 36 heavy (non-hydrogen) atoms. The monoisotopic (exact) mass is 492 g/mol. The van der Waals surface area contributed by atoms with E-state index in [9.17, 15) is 0 Å². The van der Waals surface area contributed by atoms with Gasteiger partial charge in [-0.1, -0.05) is 54.1 Å². The van der Waals surface area contributed by atoms with Crippen molar-refractivity contribution < 1.29 is 0 Å². The van der Waals surface area contributed by atoms with Crippen LogP contribution in [0.2, 0.25) is 5.02 Å². The first kappa shape index (κ1) is 23.5. The molecule has 7 heteroatoms. The molecule has 0 aliphatic rings. The van der Waals surface area contributed by atoms with Gasteiger partial charge in [0, 0.05) is 45.7 Å². The van der Waals surface area contributed by atoms with E-state index < -0.39 is 0 Å². The molecule has 2 aromatic heterocycles. The maximum absolute atomic E-state index is 6.06. The molecule has 0 saturated carbocycles. The highest BCUT2D eigenvalue weighted by atomic mass is 35.5. The van der Waals surface area contributed by atoms with Crippen LogP contribution in [0, 0.1) is 13.8 Å². The second-order valence-corrected chi connectivity index (χ2v) is 8.90. The second kappa shape index (κ2) is 10.5. The lowest BCUT2D eigenvalue weighted by Gasteiger charge is -2.15. The van der Waals surface area contributed by atoms with E-state index in [-0.39, 0.29) is 0 Å². The Hall–Kier alpha value is -4.29. The predicted octanol–water partition coefficient (Wildman–Crippen LogP) is 7.28. The van der Waals surface area contributed by atoms with Gasteiger partial charge in [-0.25, -0.2) is 19.9 Å². The first-order chi connectivity index (χ1) is 17.5.